The number of amides is 1. The number of benzene rings is 2. The average molecular weight is 349 g/mol. The molecular weight excluding hydrogens is 332 g/mol. The van der Waals surface area contributed by atoms with Gasteiger partial charge in [-0.3, -0.25) is 4.79 Å². The Labute approximate surface area is 151 Å². The van der Waals surface area contributed by atoms with Crippen molar-refractivity contribution in [3.63, 3.8) is 0 Å². The van der Waals surface area contributed by atoms with Crippen molar-refractivity contribution in [2.24, 2.45) is 0 Å². The fourth-order valence-corrected chi connectivity index (χ4v) is 3.49. The van der Waals surface area contributed by atoms with E-state index in [2.05, 4.69) is 11.1 Å². The minimum atomic E-state index is -0.0685. The molecule has 1 aromatic heterocycles. The predicted molar refractivity (Wildman–Crippen MR) is 101 cm³/mol. The monoisotopic (exact) mass is 348 g/mol. The molecule has 0 aliphatic carbocycles. The van der Waals surface area contributed by atoms with E-state index in [0.717, 1.165) is 24.1 Å². The first-order valence-electron chi connectivity index (χ1n) is 8.36. The van der Waals surface area contributed by atoms with Crippen LogP contribution in [0.1, 0.15) is 22.5 Å². The molecular formula is C21H17ClN2O. The van der Waals surface area contributed by atoms with Gasteiger partial charge in [0.25, 0.3) is 5.91 Å². The quantitative estimate of drug-likeness (QED) is 0.653. The second kappa shape index (κ2) is 6.69. The van der Waals surface area contributed by atoms with Crippen LogP contribution in [0.5, 0.6) is 0 Å². The molecule has 0 spiro atoms. The standard InChI is InChI=1S/C21H17ClN2O/c22-17-10-3-2-9-16(17)18-11-5-12-19(23-18)21(25)24-14-6-8-15-7-1-4-13-20(15)24/h1-5,7,9-13H,6,8,14H2. The summed E-state index contributed by atoms with van der Waals surface area (Å²) in [7, 11) is 0. The molecule has 4 heteroatoms. The third kappa shape index (κ3) is 3.03. The van der Waals surface area contributed by atoms with Crippen molar-refractivity contribution in [3.8, 4) is 11.3 Å². The average Bonchev–Trinajstić information content (AvgIpc) is 2.67. The Balaban J connectivity index is 1.71. The molecule has 3 aromatic rings. The maximum Gasteiger partial charge on any atom is 0.276 e. The summed E-state index contributed by atoms with van der Waals surface area (Å²) < 4.78 is 0. The van der Waals surface area contributed by atoms with E-state index < -0.39 is 0 Å². The Morgan fingerprint density at radius 3 is 2.64 bits per heavy atom. The van der Waals surface area contributed by atoms with Gasteiger partial charge in [-0.1, -0.05) is 54.1 Å². The summed E-state index contributed by atoms with van der Waals surface area (Å²) in [5.74, 6) is -0.0685. The topological polar surface area (TPSA) is 33.2 Å². The molecule has 0 radical (unpaired) electrons. The van der Waals surface area contributed by atoms with Crippen LogP contribution in [0.15, 0.2) is 66.7 Å². The molecule has 0 saturated carbocycles. The summed E-state index contributed by atoms with van der Waals surface area (Å²) in [4.78, 5) is 19.5. The Morgan fingerprint density at radius 1 is 0.960 bits per heavy atom. The SMILES string of the molecule is O=C(c1cccc(-c2ccccc2Cl)n1)N1CCCc2ccccc21. The van der Waals surface area contributed by atoms with Crippen LogP contribution in [0.25, 0.3) is 11.3 Å². The van der Waals surface area contributed by atoms with Gasteiger partial charge in [0, 0.05) is 22.8 Å². The molecule has 0 atom stereocenters. The highest BCUT2D eigenvalue weighted by atomic mass is 35.5. The van der Waals surface area contributed by atoms with E-state index in [1.807, 2.05) is 59.5 Å². The van der Waals surface area contributed by atoms with Gasteiger partial charge in [-0.25, -0.2) is 4.98 Å². The fourth-order valence-electron chi connectivity index (χ4n) is 3.26. The molecule has 1 aliphatic heterocycles. The van der Waals surface area contributed by atoms with E-state index in [9.17, 15) is 4.79 Å². The third-order valence-electron chi connectivity index (χ3n) is 4.47. The predicted octanol–water partition coefficient (Wildman–Crippen LogP) is 5.00. The summed E-state index contributed by atoms with van der Waals surface area (Å²) >= 11 is 6.27. The number of rotatable bonds is 2. The van der Waals surface area contributed by atoms with Crippen molar-refractivity contribution < 1.29 is 4.79 Å². The summed E-state index contributed by atoms with van der Waals surface area (Å²) in [6.07, 6.45) is 1.97. The van der Waals surface area contributed by atoms with Crippen molar-refractivity contribution in [1.29, 1.82) is 0 Å². The molecule has 3 nitrogen and oxygen atoms in total. The van der Waals surface area contributed by atoms with Crippen molar-refractivity contribution in [1.82, 2.24) is 4.98 Å². The number of para-hydroxylation sites is 1. The summed E-state index contributed by atoms with van der Waals surface area (Å²) in [6.45, 7) is 0.716. The zero-order valence-corrected chi connectivity index (χ0v) is 14.4. The van der Waals surface area contributed by atoms with Gasteiger partial charge in [-0.15, -0.1) is 0 Å². The number of hydrogen-bond acceptors (Lipinski definition) is 2. The molecule has 0 saturated heterocycles. The van der Waals surface area contributed by atoms with E-state index in [4.69, 9.17) is 11.6 Å². The lowest BCUT2D eigenvalue weighted by molar-refractivity contribution is 0.0980. The number of carbonyl (C=O) groups excluding carboxylic acids is 1. The lowest BCUT2D eigenvalue weighted by atomic mass is 10.0. The van der Waals surface area contributed by atoms with Crippen LogP contribution >= 0.6 is 11.6 Å². The first-order chi connectivity index (χ1) is 12.2. The lowest BCUT2D eigenvalue weighted by Crippen LogP contribution is -2.35. The minimum Gasteiger partial charge on any atom is -0.307 e. The Hall–Kier alpha value is -2.65. The smallest absolute Gasteiger partial charge is 0.276 e. The van der Waals surface area contributed by atoms with Crippen LogP contribution in [0, 0.1) is 0 Å². The van der Waals surface area contributed by atoms with Crippen molar-refractivity contribution >= 4 is 23.2 Å². The van der Waals surface area contributed by atoms with E-state index in [-0.39, 0.29) is 5.91 Å². The van der Waals surface area contributed by atoms with Crippen molar-refractivity contribution in [3.05, 3.63) is 83.0 Å². The normalized spacial score (nSPS) is 13.4. The van der Waals surface area contributed by atoms with Crippen LogP contribution in [-0.4, -0.2) is 17.4 Å². The summed E-state index contributed by atoms with van der Waals surface area (Å²) in [5.41, 5.74) is 4.18. The van der Waals surface area contributed by atoms with Gasteiger partial charge >= 0.3 is 0 Å². The Kier molecular flexibility index (Phi) is 4.24. The van der Waals surface area contributed by atoms with Gasteiger partial charge in [0.1, 0.15) is 5.69 Å². The number of aryl methyl sites for hydroxylation is 1. The first kappa shape index (κ1) is 15.9. The molecule has 0 N–H and O–H groups in total. The Morgan fingerprint density at radius 2 is 1.76 bits per heavy atom. The molecule has 1 amide bonds. The van der Waals surface area contributed by atoms with Crippen LogP contribution in [0.2, 0.25) is 5.02 Å². The Bertz CT molecular complexity index is 938. The highest BCUT2D eigenvalue weighted by molar-refractivity contribution is 6.33. The molecule has 0 fully saturated rings. The first-order valence-corrected chi connectivity index (χ1v) is 8.73. The molecule has 0 bridgehead atoms. The van der Waals surface area contributed by atoms with E-state index in [0.29, 0.717) is 23.0 Å². The second-order valence-electron chi connectivity index (χ2n) is 6.08. The lowest BCUT2D eigenvalue weighted by Gasteiger charge is -2.29. The van der Waals surface area contributed by atoms with Crippen LogP contribution in [0.3, 0.4) is 0 Å². The van der Waals surface area contributed by atoms with Gasteiger partial charge in [0.05, 0.1) is 5.69 Å². The van der Waals surface area contributed by atoms with E-state index >= 15 is 0 Å². The number of nitrogens with zero attached hydrogens (tertiary/aromatic N) is 2. The molecule has 25 heavy (non-hydrogen) atoms. The number of halogens is 1. The summed E-state index contributed by atoms with van der Waals surface area (Å²) in [5, 5.41) is 0.628. The number of carbonyl (C=O) groups is 1. The highest BCUT2D eigenvalue weighted by Gasteiger charge is 2.24. The molecule has 124 valence electrons. The van der Waals surface area contributed by atoms with Crippen molar-refractivity contribution in [2.45, 2.75) is 12.8 Å². The molecule has 2 heterocycles. The van der Waals surface area contributed by atoms with Crippen LogP contribution in [0.4, 0.5) is 5.69 Å². The van der Waals surface area contributed by atoms with Gasteiger partial charge in [0.2, 0.25) is 0 Å². The van der Waals surface area contributed by atoms with Gasteiger partial charge in [-0.2, -0.15) is 0 Å². The third-order valence-corrected chi connectivity index (χ3v) is 4.80. The summed E-state index contributed by atoms with van der Waals surface area (Å²) in [6, 6.07) is 21.1. The second-order valence-corrected chi connectivity index (χ2v) is 6.48. The maximum absolute atomic E-state index is 13.1. The molecule has 2 aromatic carbocycles. The number of anilines is 1. The number of fused-ring (bicyclic) bond motifs is 1. The van der Waals surface area contributed by atoms with Crippen molar-refractivity contribution in [2.75, 3.05) is 11.4 Å². The molecule has 1 aliphatic rings. The van der Waals surface area contributed by atoms with Crippen LogP contribution in [-0.2, 0) is 6.42 Å². The fraction of sp³-hybridized carbons (Fsp3) is 0.143. The zero-order valence-electron chi connectivity index (χ0n) is 13.7. The maximum atomic E-state index is 13.1. The van der Waals surface area contributed by atoms with Crippen LogP contribution < -0.4 is 4.90 Å². The largest absolute Gasteiger partial charge is 0.307 e. The number of hydrogen-bond donors (Lipinski definition) is 0. The molecule has 0 unspecified atom stereocenters. The number of pyridine rings is 1. The van der Waals surface area contributed by atoms with E-state index in [1.165, 1.54) is 5.56 Å². The van der Waals surface area contributed by atoms with Gasteiger partial charge in [-0.05, 0) is 42.7 Å². The molecule has 4 rings (SSSR count). The highest BCUT2D eigenvalue weighted by Crippen LogP contribution is 2.29. The minimum absolute atomic E-state index is 0.0685. The number of aromatic nitrogens is 1. The zero-order chi connectivity index (χ0) is 17.2. The van der Waals surface area contributed by atoms with Gasteiger partial charge in [0.15, 0.2) is 0 Å². The van der Waals surface area contributed by atoms with Gasteiger partial charge < -0.3 is 4.90 Å². The van der Waals surface area contributed by atoms with E-state index in [1.54, 1.807) is 6.07 Å².